The van der Waals surface area contributed by atoms with E-state index in [1.54, 1.807) is 0 Å². The molecule has 1 amide bonds. The lowest BCUT2D eigenvalue weighted by molar-refractivity contribution is -0.120. The fourth-order valence-corrected chi connectivity index (χ4v) is 5.24. The maximum atomic E-state index is 12.9. The summed E-state index contributed by atoms with van der Waals surface area (Å²) in [7, 11) is -0.920. The highest BCUT2D eigenvalue weighted by atomic mass is 32.2. The Hall–Kier alpha value is -1.95. The van der Waals surface area contributed by atoms with Gasteiger partial charge in [-0.3, -0.25) is 9.00 Å². The van der Waals surface area contributed by atoms with Crippen LogP contribution in [0, 0.1) is 19.8 Å². The minimum Gasteiger partial charge on any atom is -0.310 e. The molecule has 5 nitrogen and oxygen atoms in total. The van der Waals surface area contributed by atoms with Crippen molar-refractivity contribution in [1.82, 2.24) is 9.78 Å². The van der Waals surface area contributed by atoms with Gasteiger partial charge in [-0.15, -0.1) is 0 Å². The van der Waals surface area contributed by atoms with Crippen LogP contribution in [-0.4, -0.2) is 19.9 Å². The summed E-state index contributed by atoms with van der Waals surface area (Å²) < 4.78 is 13.9. The Balaban J connectivity index is 1.73. The van der Waals surface area contributed by atoms with Crippen LogP contribution in [0.4, 0.5) is 5.82 Å². The molecule has 0 saturated heterocycles. The summed E-state index contributed by atoms with van der Waals surface area (Å²) in [6, 6.07) is 6.11. The van der Waals surface area contributed by atoms with Crippen LogP contribution in [0.2, 0.25) is 0 Å². The Kier molecular flexibility index (Phi) is 4.69. The normalized spacial score (nSPS) is 20.2. The molecule has 1 aromatic carbocycles. The number of anilines is 1. The number of carbonyl (C=O) groups is 1. The molecule has 1 atom stereocenters. The standard InChI is InChI=1S/C20H25N3O2S/c1-13-7-6-10-18(14(13)2)23-19(16-11-26(25)12-17(16)22-23)21-20(24)15-8-4-3-5-9-15/h6-7,10,15H,3-5,8-9,11-12H2,1-2H3,(H,21,24)/t26-/m1/s1. The van der Waals surface area contributed by atoms with Gasteiger partial charge in [-0.1, -0.05) is 31.4 Å². The van der Waals surface area contributed by atoms with Crippen LogP contribution >= 0.6 is 0 Å². The quantitative estimate of drug-likeness (QED) is 0.893. The molecule has 2 heterocycles. The molecule has 4 rings (SSSR count). The van der Waals surface area contributed by atoms with Gasteiger partial charge in [0.2, 0.25) is 5.91 Å². The van der Waals surface area contributed by atoms with Crippen LogP contribution in [0.15, 0.2) is 18.2 Å². The number of hydrogen-bond donors (Lipinski definition) is 1. The molecule has 1 saturated carbocycles. The summed E-state index contributed by atoms with van der Waals surface area (Å²) in [4.78, 5) is 12.9. The van der Waals surface area contributed by atoms with Crippen molar-refractivity contribution in [3.63, 3.8) is 0 Å². The number of nitrogens with one attached hydrogen (secondary N) is 1. The Labute approximate surface area is 156 Å². The number of aryl methyl sites for hydroxylation is 1. The monoisotopic (exact) mass is 371 g/mol. The molecule has 138 valence electrons. The van der Waals surface area contributed by atoms with E-state index in [1.165, 1.54) is 12.0 Å². The van der Waals surface area contributed by atoms with Gasteiger partial charge < -0.3 is 5.32 Å². The highest BCUT2D eigenvalue weighted by molar-refractivity contribution is 7.83. The second kappa shape index (κ2) is 6.99. The van der Waals surface area contributed by atoms with Gasteiger partial charge in [0.15, 0.2) is 0 Å². The van der Waals surface area contributed by atoms with Crippen LogP contribution in [0.5, 0.6) is 0 Å². The molecule has 1 aliphatic heterocycles. The largest absolute Gasteiger partial charge is 0.310 e. The first-order valence-electron chi connectivity index (χ1n) is 9.38. The molecule has 2 aromatic rings. The van der Waals surface area contributed by atoms with Crippen LogP contribution in [0.1, 0.15) is 54.5 Å². The second-order valence-corrected chi connectivity index (χ2v) is 8.91. The smallest absolute Gasteiger partial charge is 0.228 e. The van der Waals surface area contributed by atoms with Gasteiger partial charge in [-0.25, -0.2) is 4.68 Å². The van der Waals surface area contributed by atoms with Gasteiger partial charge in [0, 0.05) is 22.3 Å². The fraction of sp³-hybridized carbons (Fsp3) is 0.500. The van der Waals surface area contributed by atoms with E-state index < -0.39 is 10.8 Å². The maximum absolute atomic E-state index is 12.9. The average molecular weight is 372 g/mol. The SMILES string of the molecule is Cc1cccc(-n2nc3c(c2NC(=O)C2CCCCC2)C[S@@](=O)C3)c1C. The minimum absolute atomic E-state index is 0.0771. The number of aromatic nitrogens is 2. The average Bonchev–Trinajstić information content (AvgIpc) is 3.15. The van der Waals surface area contributed by atoms with E-state index in [2.05, 4.69) is 25.2 Å². The third kappa shape index (κ3) is 3.11. The van der Waals surface area contributed by atoms with Crippen molar-refractivity contribution in [2.45, 2.75) is 57.5 Å². The van der Waals surface area contributed by atoms with Crippen molar-refractivity contribution < 1.29 is 9.00 Å². The van der Waals surface area contributed by atoms with E-state index >= 15 is 0 Å². The molecule has 1 fully saturated rings. The number of amides is 1. The van der Waals surface area contributed by atoms with Gasteiger partial charge in [0.05, 0.1) is 22.9 Å². The number of carbonyl (C=O) groups excluding carboxylic acids is 1. The number of nitrogens with zero attached hydrogens (tertiary/aromatic N) is 2. The van der Waals surface area contributed by atoms with Crippen molar-refractivity contribution in [1.29, 1.82) is 0 Å². The molecular weight excluding hydrogens is 346 g/mol. The number of hydrogen-bond acceptors (Lipinski definition) is 3. The van der Waals surface area contributed by atoms with Crippen LogP contribution in [0.3, 0.4) is 0 Å². The first kappa shape index (κ1) is 17.5. The lowest BCUT2D eigenvalue weighted by Crippen LogP contribution is -2.26. The molecule has 0 unspecified atom stereocenters. The summed E-state index contributed by atoms with van der Waals surface area (Å²) in [5.74, 6) is 1.82. The highest BCUT2D eigenvalue weighted by Gasteiger charge is 2.30. The number of rotatable bonds is 3. The van der Waals surface area contributed by atoms with Gasteiger partial charge in [0.25, 0.3) is 0 Å². The van der Waals surface area contributed by atoms with E-state index in [4.69, 9.17) is 5.10 Å². The van der Waals surface area contributed by atoms with Crippen molar-refractivity contribution in [2.75, 3.05) is 5.32 Å². The fourth-order valence-electron chi connectivity index (χ4n) is 3.98. The topological polar surface area (TPSA) is 64.0 Å². The molecule has 1 aromatic heterocycles. The summed E-state index contributed by atoms with van der Waals surface area (Å²) in [6.45, 7) is 4.15. The van der Waals surface area contributed by atoms with Crippen LogP contribution < -0.4 is 5.32 Å². The summed E-state index contributed by atoms with van der Waals surface area (Å²) >= 11 is 0. The van der Waals surface area contributed by atoms with Gasteiger partial charge in [0.1, 0.15) is 5.82 Å². The molecule has 0 radical (unpaired) electrons. The van der Waals surface area contributed by atoms with Gasteiger partial charge >= 0.3 is 0 Å². The predicted octanol–water partition coefficient (Wildman–Crippen LogP) is 3.77. The first-order valence-corrected chi connectivity index (χ1v) is 10.9. The lowest BCUT2D eigenvalue weighted by Gasteiger charge is -2.21. The zero-order valence-corrected chi connectivity index (χ0v) is 16.2. The van der Waals surface area contributed by atoms with E-state index in [0.29, 0.717) is 11.5 Å². The zero-order valence-electron chi connectivity index (χ0n) is 15.4. The van der Waals surface area contributed by atoms with E-state index in [0.717, 1.165) is 54.0 Å². The molecule has 26 heavy (non-hydrogen) atoms. The summed E-state index contributed by atoms with van der Waals surface area (Å²) in [6.07, 6.45) is 5.38. The molecule has 0 spiro atoms. The molecule has 1 aliphatic carbocycles. The summed E-state index contributed by atoms with van der Waals surface area (Å²) in [5.41, 5.74) is 5.09. The second-order valence-electron chi connectivity index (χ2n) is 7.46. The number of fused-ring (bicyclic) bond motifs is 1. The zero-order chi connectivity index (χ0) is 18.3. The predicted molar refractivity (Wildman–Crippen MR) is 104 cm³/mol. The van der Waals surface area contributed by atoms with E-state index in [1.807, 2.05) is 16.8 Å². The van der Waals surface area contributed by atoms with Gasteiger partial charge in [-0.2, -0.15) is 5.10 Å². The van der Waals surface area contributed by atoms with Crippen molar-refractivity contribution in [3.8, 4) is 5.69 Å². The van der Waals surface area contributed by atoms with Crippen molar-refractivity contribution >= 4 is 22.5 Å². The highest BCUT2D eigenvalue weighted by Crippen LogP contribution is 2.34. The lowest BCUT2D eigenvalue weighted by atomic mass is 9.88. The van der Waals surface area contributed by atoms with Gasteiger partial charge in [-0.05, 0) is 43.9 Å². The van der Waals surface area contributed by atoms with Crippen LogP contribution in [-0.2, 0) is 27.1 Å². The first-order chi connectivity index (χ1) is 12.5. The third-order valence-corrected chi connectivity index (χ3v) is 6.90. The van der Waals surface area contributed by atoms with Crippen molar-refractivity contribution in [3.05, 3.63) is 40.6 Å². The van der Waals surface area contributed by atoms with E-state index in [-0.39, 0.29) is 11.8 Å². The Morgan fingerprint density at radius 1 is 1.19 bits per heavy atom. The number of benzene rings is 1. The van der Waals surface area contributed by atoms with Crippen LogP contribution in [0.25, 0.3) is 5.69 Å². The Bertz CT molecular complexity index is 881. The molecular formula is C20H25N3O2S. The van der Waals surface area contributed by atoms with Crippen molar-refractivity contribution in [2.24, 2.45) is 5.92 Å². The Morgan fingerprint density at radius 2 is 1.96 bits per heavy atom. The molecule has 1 N–H and O–H groups in total. The molecule has 6 heteroatoms. The summed E-state index contributed by atoms with van der Waals surface area (Å²) in [5, 5.41) is 7.87. The molecule has 0 bridgehead atoms. The Morgan fingerprint density at radius 3 is 2.73 bits per heavy atom. The third-order valence-electron chi connectivity index (χ3n) is 5.69. The minimum atomic E-state index is -0.920. The maximum Gasteiger partial charge on any atom is 0.228 e. The molecule has 2 aliphatic rings. The van der Waals surface area contributed by atoms with E-state index in [9.17, 15) is 9.00 Å².